The van der Waals surface area contributed by atoms with Crippen molar-refractivity contribution in [2.75, 3.05) is 11.9 Å². The van der Waals surface area contributed by atoms with Gasteiger partial charge < -0.3 is 20.1 Å². The van der Waals surface area contributed by atoms with E-state index >= 15 is 0 Å². The number of alkyl carbamates (subject to hydrolysis) is 1. The van der Waals surface area contributed by atoms with Crippen molar-refractivity contribution in [1.82, 2.24) is 10.3 Å². The maximum Gasteiger partial charge on any atom is 0.408 e. The molecule has 0 spiro atoms. The van der Waals surface area contributed by atoms with E-state index in [1.807, 2.05) is 13.8 Å². The molecule has 26 heavy (non-hydrogen) atoms. The number of aromatic nitrogens is 1. The Balaban J connectivity index is 2.72. The Labute approximate surface area is 156 Å². The second-order valence-corrected chi connectivity index (χ2v) is 6.79. The molecule has 0 saturated carbocycles. The molecular formula is C18H26BN3O4. The fraction of sp³-hybridized carbons (Fsp3) is 0.500. The summed E-state index contributed by atoms with van der Waals surface area (Å²) in [5.41, 5.74) is 0.660. The Morgan fingerprint density at radius 1 is 1.38 bits per heavy atom. The highest BCUT2D eigenvalue weighted by Crippen LogP contribution is 2.23. The lowest BCUT2D eigenvalue weighted by Gasteiger charge is -2.20. The standard InChI is InChI=1S/C18H26BN3O4/c1-7-11(2)12(3)25-14-8-13(19)9-20-16(14)22-15(23)10-21-17(24)26-18(4,5)6/h8-9,12H,2,7,10H2,1,3-6H3,(H,21,24)(H,20,22,23)/t12-/m1/s1. The van der Waals surface area contributed by atoms with Crippen LogP contribution in [0.1, 0.15) is 41.0 Å². The zero-order valence-electron chi connectivity index (χ0n) is 16.0. The van der Waals surface area contributed by atoms with Crippen LogP contribution in [0, 0.1) is 0 Å². The number of nitrogens with one attached hydrogen (secondary N) is 2. The number of amides is 2. The second-order valence-electron chi connectivity index (χ2n) is 6.79. The molecule has 0 aliphatic heterocycles. The summed E-state index contributed by atoms with van der Waals surface area (Å²) < 4.78 is 10.9. The largest absolute Gasteiger partial charge is 0.483 e. The molecule has 7 nitrogen and oxygen atoms in total. The molecule has 2 radical (unpaired) electrons. The van der Waals surface area contributed by atoms with Crippen LogP contribution in [-0.2, 0) is 9.53 Å². The summed E-state index contributed by atoms with van der Waals surface area (Å²) in [6, 6.07) is 1.57. The molecule has 0 bridgehead atoms. The molecular weight excluding hydrogens is 333 g/mol. The van der Waals surface area contributed by atoms with E-state index in [9.17, 15) is 9.59 Å². The highest BCUT2D eigenvalue weighted by molar-refractivity contribution is 6.32. The number of rotatable bonds is 7. The number of pyridine rings is 1. The number of ether oxygens (including phenoxy) is 2. The Morgan fingerprint density at radius 3 is 2.62 bits per heavy atom. The predicted octanol–water partition coefficient (Wildman–Crippen LogP) is 2.07. The van der Waals surface area contributed by atoms with Gasteiger partial charge in [0.25, 0.3) is 0 Å². The summed E-state index contributed by atoms with van der Waals surface area (Å²) in [5, 5.41) is 4.97. The van der Waals surface area contributed by atoms with Gasteiger partial charge in [-0.05, 0) is 45.8 Å². The SMILES string of the molecule is [B]c1cnc(NC(=O)CNC(=O)OC(C)(C)C)c(O[C@H](C)C(=C)CC)c1. The van der Waals surface area contributed by atoms with Crippen LogP contribution in [0.5, 0.6) is 5.75 Å². The number of carbonyl (C=O) groups is 2. The summed E-state index contributed by atoms with van der Waals surface area (Å²) in [6.45, 7) is 12.7. The van der Waals surface area contributed by atoms with E-state index in [-0.39, 0.29) is 18.5 Å². The van der Waals surface area contributed by atoms with Gasteiger partial charge in [-0.2, -0.15) is 0 Å². The van der Waals surface area contributed by atoms with Crippen molar-refractivity contribution in [2.45, 2.75) is 52.7 Å². The predicted molar refractivity (Wildman–Crippen MR) is 102 cm³/mol. The van der Waals surface area contributed by atoms with Crippen molar-refractivity contribution >= 4 is 31.1 Å². The van der Waals surface area contributed by atoms with E-state index in [0.29, 0.717) is 11.2 Å². The zero-order valence-corrected chi connectivity index (χ0v) is 16.0. The van der Waals surface area contributed by atoms with Gasteiger partial charge in [0.15, 0.2) is 11.6 Å². The quantitative estimate of drug-likeness (QED) is 0.575. The monoisotopic (exact) mass is 359 g/mol. The summed E-state index contributed by atoms with van der Waals surface area (Å²) in [4.78, 5) is 27.8. The van der Waals surface area contributed by atoms with Gasteiger partial charge >= 0.3 is 6.09 Å². The number of anilines is 1. The molecule has 8 heteroatoms. The maximum absolute atomic E-state index is 12.1. The molecule has 1 heterocycles. The average molecular weight is 359 g/mol. The van der Waals surface area contributed by atoms with E-state index in [1.54, 1.807) is 26.8 Å². The van der Waals surface area contributed by atoms with E-state index in [4.69, 9.17) is 17.3 Å². The van der Waals surface area contributed by atoms with Gasteiger partial charge in [0.1, 0.15) is 26.1 Å². The van der Waals surface area contributed by atoms with Gasteiger partial charge in [-0.1, -0.05) is 19.0 Å². The van der Waals surface area contributed by atoms with Crippen LogP contribution in [0.2, 0.25) is 0 Å². The van der Waals surface area contributed by atoms with Gasteiger partial charge in [0.05, 0.1) is 0 Å². The van der Waals surface area contributed by atoms with Crippen molar-refractivity contribution in [3.8, 4) is 5.75 Å². The molecule has 0 aromatic carbocycles. The first kappa shape index (κ1) is 21.5. The summed E-state index contributed by atoms with van der Waals surface area (Å²) in [7, 11) is 5.75. The zero-order chi connectivity index (χ0) is 19.9. The average Bonchev–Trinajstić information content (AvgIpc) is 2.53. The Hall–Kier alpha value is -2.51. The van der Waals surface area contributed by atoms with Crippen LogP contribution in [0.25, 0.3) is 0 Å². The van der Waals surface area contributed by atoms with Gasteiger partial charge in [0.2, 0.25) is 5.91 Å². The lowest BCUT2D eigenvalue weighted by atomic mass is 9.98. The molecule has 0 saturated heterocycles. The van der Waals surface area contributed by atoms with E-state index in [2.05, 4.69) is 22.2 Å². The van der Waals surface area contributed by atoms with Crippen LogP contribution >= 0.6 is 0 Å². The third-order valence-corrected chi connectivity index (χ3v) is 3.26. The van der Waals surface area contributed by atoms with Crippen LogP contribution in [0.15, 0.2) is 24.4 Å². The minimum Gasteiger partial charge on any atom is -0.483 e. The van der Waals surface area contributed by atoms with Crippen molar-refractivity contribution in [3.05, 3.63) is 24.4 Å². The van der Waals surface area contributed by atoms with E-state index < -0.39 is 17.6 Å². The lowest BCUT2D eigenvalue weighted by Crippen LogP contribution is -2.37. The molecule has 1 aromatic rings. The summed E-state index contributed by atoms with van der Waals surface area (Å²) in [5.74, 6) is 0.0728. The van der Waals surface area contributed by atoms with Gasteiger partial charge in [-0.3, -0.25) is 4.79 Å². The molecule has 2 N–H and O–H groups in total. The van der Waals surface area contributed by atoms with Crippen molar-refractivity contribution in [2.24, 2.45) is 0 Å². The second kappa shape index (κ2) is 9.26. The minimum absolute atomic E-state index is 0.214. The van der Waals surface area contributed by atoms with Gasteiger partial charge in [0, 0.05) is 6.20 Å². The number of hydrogen-bond acceptors (Lipinski definition) is 5. The van der Waals surface area contributed by atoms with Crippen molar-refractivity contribution < 1.29 is 19.1 Å². The summed E-state index contributed by atoms with van der Waals surface area (Å²) in [6.07, 6.45) is 1.22. The first-order valence-electron chi connectivity index (χ1n) is 8.38. The Bertz CT molecular complexity index is 671. The maximum atomic E-state index is 12.1. The number of hydrogen-bond donors (Lipinski definition) is 2. The molecule has 1 aromatic heterocycles. The molecule has 0 unspecified atom stereocenters. The lowest BCUT2D eigenvalue weighted by molar-refractivity contribution is -0.115. The molecule has 1 rings (SSSR count). The minimum atomic E-state index is -0.678. The molecule has 0 aliphatic carbocycles. The van der Waals surface area contributed by atoms with Crippen molar-refractivity contribution in [1.29, 1.82) is 0 Å². The van der Waals surface area contributed by atoms with Crippen LogP contribution < -0.4 is 20.8 Å². The highest BCUT2D eigenvalue weighted by atomic mass is 16.6. The first-order valence-corrected chi connectivity index (χ1v) is 8.38. The fourth-order valence-corrected chi connectivity index (χ4v) is 1.85. The highest BCUT2D eigenvalue weighted by Gasteiger charge is 2.18. The normalized spacial score (nSPS) is 12.0. The van der Waals surface area contributed by atoms with E-state index in [0.717, 1.165) is 12.0 Å². The fourth-order valence-electron chi connectivity index (χ4n) is 1.85. The van der Waals surface area contributed by atoms with Crippen molar-refractivity contribution in [3.63, 3.8) is 0 Å². The molecule has 0 aliphatic rings. The number of carbonyl (C=O) groups excluding carboxylic acids is 2. The van der Waals surface area contributed by atoms with Crippen LogP contribution in [0.4, 0.5) is 10.6 Å². The summed E-state index contributed by atoms with van der Waals surface area (Å²) >= 11 is 0. The molecule has 1 atom stereocenters. The first-order chi connectivity index (χ1) is 12.0. The third kappa shape index (κ3) is 7.59. The molecule has 140 valence electrons. The van der Waals surface area contributed by atoms with Gasteiger partial charge in [-0.15, -0.1) is 0 Å². The number of nitrogens with zero attached hydrogens (tertiary/aromatic N) is 1. The van der Waals surface area contributed by atoms with E-state index in [1.165, 1.54) is 6.20 Å². The Kier molecular flexibility index (Phi) is 7.67. The van der Waals surface area contributed by atoms with Gasteiger partial charge in [-0.25, -0.2) is 9.78 Å². The molecule has 2 amide bonds. The molecule has 0 fully saturated rings. The topological polar surface area (TPSA) is 89.6 Å². The Morgan fingerprint density at radius 2 is 2.04 bits per heavy atom. The third-order valence-electron chi connectivity index (χ3n) is 3.26. The van der Waals surface area contributed by atoms with Crippen LogP contribution in [0.3, 0.4) is 0 Å². The van der Waals surface area contributed by atoms with Crippen LogP contribution in [-0.4, -0.2) is 43.1 Å². The smallest absolute Gasteiger partial charge is 0.408 e.